The molecule has 96 heavy (non-hydrogen) atoms. The van der Waals surface area contributed by atoms with Crippen LogP contribution in [0.2, 0.25) is 0 Å². The Labute approximate surface area is 588 Å². The van der Waals surface area contributed by atoms with Gasteiger partial charge >= 0.3 is 39.5 Å². The van der Waals surface area contributed by atoms with Gasteiger partial charge in [-0.25, -0.2) is 9.13 Å². The van der Waals surface area contributed by atoms with Crippen LogP contribution in [-0.4, -0.2) is 96.7 Å². The zero-order chi connectivity index (χ0) is 71.0. The van der Waals surface area contributed by atoms with Gasteiger partial charge in [0.1, 0.15) is 19.3 Å². The Kier molecular flexibility index (Phi) is 65.0. The number of aliphatic hydroxyl groups excluding tert-OH is 1. The number of hydrogen-bond donors (Lipinski definition) is 3. The Balaban J connectivity index is 5.21. The summed E-state index contributed by atoms with van der Waals surface area (Å²) in [4.78, 5) is 72.8. The highest BCUT2D eigenvalue weighted by Gasteiger charge is 2.30. The fourth-order valence-electron chi connectivity index (χ4n) is 11.7. The summed E-state index contributed by atoms with van der Waals surface area (Å²) in [5, 5.41) is 10.6. The molecular weight excluding hydrogens is 1260 g/mol. The minimum atomic E-state index is -4.96. The van der Waals surface area contributed by atoms with Crippen LogP contribution in [0.25, 0.3) is 0 Å². The molecule has 0 aromatic heterocycles. The monoisotopic (exact) mass is 1410 g/mol. The number of rotatable bonds is 74. The molecule has 0 aliphatic carbocycles. The van der Waals surface area contributed by atoms with Crippen LogP contribution in [0.15, 0.2) is 0 Å². The number of carbonyl (C=O) groups is 4. The molecule has 0 rings (SSSR count). The average molecular weight is 1410 g/mol. The standard InChI is InChI=1S/C77H150O17P2/c1-67(2)53-45-37-29-21-17-15-13-11-9-10-12-14-16-18-24-35-43-51-59-76(81)93-72(63-87-74(79)57-49-41-33-23-20-19-22-30-38-46-54-68(3)4)65-91-95(83,84)89-61-71(78)62-90-96(85,86)92-66-73(94-77(82)60-52-44-36-28-26-32-40-48-56-70(7)8)64-88-75(80)58-50-42-34-27-25-31-39-47-55-69(5)6/h67-73,78H,9-66H2,1-8H3,(H,83,84)(H,85,86)/t71?,72-,73-/m1/s1. The first-order valence-electron chi connectivity index (χ1n) is 39.7. The van der Waals surface area contributed by atoms with Crippen molar-refractivity contribution in [2.45, 2.75) is 408 Å². The summed E-state index contributed by atoms with van der Waals surface area (Å²) in [6.07, 6.45) is 51.5. The average Bonchev–Trinajstić information content (AvgIpc) is 1.72. The minimum Gasteiger partial charge on any atom is -0.462 e. The van der Waals surface area contributed by atoms with Gasteiger partial charge in [-0.15, -0.1) is 0 Å². The maximum absolute atomic E-state index is 13.1. The van der Waals surface area contributed by atoms with Gasteiger partial charge in [0.2, 0.25) is 0 Å². The molecule has 19 heteroatoms. The third-order valence-electron chi connectivity index (χ3n) is 17.8. The predicted octanol–water partition coefficient (Wildman–Crippen LogP) is 22.4. The lowest BCUT2D eigenvalue weighted by atomic mass is 10.0. The van der Waals surface area contributed by atoms with E-state index in [4.69, 9.17) is 37.0 Å². The number of ether oxygens (including phenoxy) is 4. The molecule has 0 aliphatic rings. The van der Waals surface area contributed by atoms with E-state index in [-0.39, 0.29) is 25.7 Å². The molecule has 0 spiro atoms. The molecule has 0 aromatic rings. The highest BCUT2D eigenvalue weighted by Crippen LogP contribution is 2.45. The fourth-order valence-corrected chi connectivity index (χ4v) is 13.3. The summed E-state index contributed by atoms with van der Waals surface area (Å²) in [7, 11) is -9.91. The maximum atomic E-state index is 13.1. The van der Waals surface area contributed by atoms with Gasteiger partial charge in [-0.3, -0.25) is 37.3 Å². The van der Waals surface area contributed by atoms with Crippen molar-refractivity contribution in [2.75, 3.05) is 39.6 Å². The molecule has 5 atom stereocenters. The van der Waals surface area contributed by atoms with E-state index in [1.807, 2.05) is 0 Å². The number of hydrogen-bond acceptors (Lipinski definition) is 15. The van der Waals surface area contributed by atoms with Crippen molar-refractivity contribution < 1.29 is 80.2 Å². The number of aliphatic hydroxyl groups is 1. The molecule has 0 radical (unpaired) electrons. The van der Waals surface area contributed by atoms with Crippen LogP contribution in [0, 0.1) is 23.7 Å². The number of unbranched alkanes of at least 4 members (excludes halogenated alkanes) is 40. The second kappa shape index (κ2) is 66.3. The first-order chi connectivity index (χ1) is 46.1. The number of carbonyl (C=O) groups excluding carboxylic acids is 4. The maximum Gasteiger partial charge on any atom is 0.472 e. The summed E-state index contributed by atoms with van der Waals surface area (Å²) in [5.41, 5.74) is 0. The van der Waals surface area contributed by atoms with E-state index in [2.05, 4.69) is 55.4 Å². The molecule has 570 valence electrons. The van der Waals surface area contributed by atoms with Crippen molar-refractivity contribution in [3.05, 3.63) is 0 Å². The van der Waals surface area contributed by atoms with E-state index in [0.29, 0.717) is 25.7 Å². The van der Waals surface area contributed by atoms with Crippen molar-refractivity contribution in [1.82, 2.24) is 0 Å². The first-order valence-corrected chi connectivity index (χ1v) is 42.7. The van der Waals surface area contributed by atoms with Crippen LogP contribution >= 0.6 is 15.6 Å². The van der Waals surface area contributed by atoms with Gasteiger partial charge in [0.25, 0.3) is 0 Å². The molecule has 0 saturated carbocycles. The van der Waals surface area contributed by atoms with Crippen molar-refractivity contribution in [1.29, 1.82) is 0 Å². The van der Waals surface area contributed by atoms with Gasteiger partial charge < -0.3 is 33.8 Å². The lowest BCUT2D eigenvalue weighted by Gasteiger charge is -2.21. The molecule has 17 nitrogen and oxygen atoms in total. The predicted molar refractivity (Wildman–Crippen MR) is 391 cm³/mol. The highest BCUT2D eigenvalue weighted by molar-refractivity contribution is 7.47. The van der Waals surface area contributed by atoms with Crippen molar-refractivity contribution in [3.63, 3.8) is 0 Å². The normalized spacial score (nSPS) is 14.1. The molecule has 3 N–H and O–H groups in total. The van der Waals surface area contributed by atoms with Crippen molar-refractivity contribution in [2.24, 2.45) is 23.7 Å². The zero-order valence-corrected chi connectivity index (χ0v) is 64.8. The lowest BCUT2D eigenvalue weighted by molar-refractivity contribution is -0.161. The molecule has 0 aliphatic heterocycles. The topological polar surface area (TPSA) is 237 Å². The Bertz CT molecular complexity index is 1880. The zero-order valence-electron chi connectivity index (χ0n) is 63.0. The Morgan fingerprint density at radius 3 is 0.646 bits per heavy atom. The van der Waals surface area contributed by atoms with E-state index in [9.17, 15) is 43.2 Å². The minimum absolute atomic E-state index is 0.104. The number of esters is 4. The number of phosphoric ester groups is 2. The first kappa shape index (κ1) is 94.1. The van der Waals surface area contributed by atoms with Crippen LogP contribution in [0.3, 0.4) is 0 Å². The summed E-state index contributed by atoms with van der Waals surface area (Å²) in [5.74, 6) is 0.901. The van der Waals surface area contributed by atoms with E-state index < -0.39 is 97.5 Å². The third kappa shape index (κ3) is 70.5. The third-order valence-corrected chi connectivity index (χ3v) is 19.7. The SMILES string of the molecule is CC(C)CCCCCCCCCCCCCCCCCCCCC(=O)O[C@H](COC(=O)CCCCCCCCCCCCC(C)C)COP(=O)(O)OCC(O)COP(=O)(O)OC[C@@H](COC(=O)CCCCCCCCCCC(C)C)OC(=O)CCCCCCCCCCC(C)C. The van der Waals surface area contributed by atoms with Gasteiger partial charge in [-0.1, -0.05) is 338 Å². The van der Waals surface area contributed by atoms with Gasteiger partial charge in [0.05, 0.1) is 26.4 Å². The van der Waals surface area contributed by atoms with E-state index in [0.717, 1.165) is 114 Å². The van der Waals surface area contributed by atoms with Gasteiger partial charge in [-0.05, 0) is 49.4 Å². The largest absolute Gasteiger partial charge is 0.472 e. The Morgan fingerprint density at radius 2 is 0.438 bits per heavy atom. The fraction of sp³-hybridized carbons (Fsp3) is 0.948. The summed E-state index contributed by atoms with van der Waals surface area (Å²) < 4.78 is 68.5. The van der Waals surface area contributed by atoms with E-state index in [1.165, 1.54) is 193 Å². The van der Waals surface area contributed by atoms with Gasteiger partial charge in [0.15, 0.2) is 12.2 Å². The highest BCUT2D eigenvalue weighted by atomic mass is 31.2. The Hall–Kier alpha value is -1.94. The summed E-state index contributed by atoms with van der Waals surface area (Å²) in [6.45, 7) is 14.2. The van der Waals surface area contributed by atoms with E-state index >= 15 is 0 Å². The van der Waals surface area contributed by atoms with Crippen LogP contribution in [0.4, 0.5) is 0 Å². The van der Waals surface area contributed by atoms with Gasteiger partial charge in [-0.2, -0.15) is 0 Å². The van der Waals surface area contributed by atoms with E-state index in [1.54, 1.807) is 0 Å². The van der Waals surface area contributed by atoms with Crippen LogP contribution in [0.5, 0.6) is 0 Å². The van der Waals surface area contributed by atoms with Crippen molar-refractivity contribution >= 4 is 39.5 Å². The van der Waals surface area contributed by atoms with Crippen LogP contribution in [0.1, 0.15) is 389 Å². The molecular formula is C77H150O17P2. The summed E-state index contributed by atoms with van der Waals surface area (Å²) >= 11 is 0. The molecule has 0 saturated heterocycles. The molecule has 0 bridgehead atoms. The number of phosphoric acid groups is 2. The van der Waals surface area contributed by atoms with Crippen LogP contribution < -0.4 is 0 Å². The molecule has 0 heterocycles. The smallest absolute Gasteiger partial charge is 0.462 e. The quantitative estimate of drug-likeness (QED) is 0.0222. The second-order valence-corrected chi connectivity index (χ2v) is 32.6. The van der Waals surface area contributed by atoms with Gasteiger partial charge in [0, 0.05) is 25.7 Å². The molecule has 0 amide bonds. The van der Waals surface area contributed by atoms with Crippen molar-refractivity contribution in [3.8, 4) is 0 Å². The molecule has 0 aromatic carbocycles. The lowest BCUT2D eigenvalue weighted by Crippen LogP contribution is -2.30. The molecule has 3 unspecified atom stereocenters. The Morgan fingerprint density at radius 1 is 0.260 bits per heavy atom. The molecule has 0 fully saturated rings. The summed E-state index contributed by atoms with van der Waals surface area (Å²) in [6, 6.07) is 0. The van der Waals surface area contributed by atoms with Crippen LogP contribution in [-0.2, 0) is 65.4 Å². The second-order valence-electron chi connectivity index (χ2n) is 29.7.